The summed E-state index contributed by atoms with van der Waals surface area (Å²) in [5, 5.41) is 0. The number of carbonyl (C=O) groups excluding carboxylic acids is 2. The van der Waals surface area contributed by atoms with E-state index in [0.717, 1.165) is 31.7 Å². The van der Waals surface area contributed by atoms with Crippen molar-refractivity contribution in [3.8, 4) is 0 Å². The van der Waals surface area contributed by atoms with Gasteiger partial charge >= 0.3 is 0 Å². The van der Waals surface area contributed by atoms with Crippen LogP contribution in [-0.4, -0.2) is 52.4 Å². The molecule has 0 spiro atoms. The Hall–Kier alpha value is -0.710. The van der Waals surface area contributed by atoms with Gasteiger partial charge in [-0.2, -0.15) is 0 Å². The smallest absolute Gasteiger partial charge is 0.246 e. The lowest BCUT2D eigenvalue weighted by Crippen LogP contribution is -2.49. The van der Waals surface area contributed by atoms with Gasteiger partial charge in [0.05, 0.1) is 5.88 Å². The highest BCUT2D eigenvalue weighted by molar-refractivity contribution is 7.99. The second-order valence-electron chi connectivity index (χ2n) is 4.61. The molecule has 2 amide bonds. The van der Waals surface area contributed by atoms with Crippen molar-refractivity contribution < 1.29 is 9.59 Å². The monoisotopic (exact) mass is 256 g/mol. The fourth-order valence-electron chi connectivity index (χ4n) is 2.18. The zero-order chi connectivity index (χ0) is 12.4. The summed E-state index contributed by atoms with van der Waals surface area (Å²) in [5.74, 6) is 1.97. The quantitative estimate of drug-likeness (QED) is 0.758. The summed E-state index contributed by atoms with van der Waals surface area (Å²) >= 11 is 1.69. The maximum atomic E-state index is 12.3. The van der Waals surface area contributed by atoms with E-state index >= 15 is 0 Å². The molecule has 1 heterocycles. The summed E-state index contributed by atoms with van der Waals surface area (Å²) in [6.07, 6.45) is 2.01. The van der Waals surface area contributed by atoms with E-state index in [1.807, 2.05) is 18.7 Å². The average molecular weight is 256 g/mol. The van der Waals surface area contributed by atoms with Crippen LogP contribution in [0.1, 0.15) is 26.7 Å². The van der Waals surface area contributed by atoms with Crippen molar-refractivity contribution in [2.75, 3.05) is 24.7 Å². The number of likely N-dealkylation sites (N-methyl/N-ethyl adjacent to an activating group) is 1. The van der Waals surface area contributed by atoms with Crippen LogP contribution in [0.4, 0.5) is 0 Å². The summed E-state index contributed by atoms with van der Waals surface area (Å²) in [6, 6.07) is -0.215. The van der Waals surface area contributed by atoms with Crippen LogP contribution >= 0.6 is 11.8 Å². The van der Waals surface area contributed by atoms with Gasteiger partial charge in [-0.1, -0.05) is 0 Å². The van der Waals surface area contributed by atoms with Gasteiger partial charge in [-0.05, 0) is 26.7 Å². The molecule has 2 fully saturated rings. The first kappa shape index (κ1) is 12.7. The van der Waals surface area contributed by atoms with Gasteiger partial charge in [0.1, 0.15) is 6.04 Å². The van der Waals surface area contributed by atoms with E-state index in [1.165, 1.54) is 0 Å². The third kappa shape index (κ3) is 2.59. The zero-order valence-corrected chi connectivity index (χ0v) is 11.3. The van der Waals surface area contributed by atoms with Crippen molar-refractivity contribution in [2.24, 2.45) is 5.92 Å². The molecule has 1 saturated heterocycles. The fraction of sp³-hybridized carbons (Fsp3) is 0.833. The van der Waals surface area contributed by atoms with E-state index in [0.29, 0.717) is 5.88 Å². The Morgan fingerprint density at radius 1 is 1.29 bits per heavy atom. The van der Waals surface area contributed by atoms with E-state index in [4.69, 9.17) is 0 Å². The number of hydrogen-bond donors (Lipinski definition) is 0. The van der Waals surface area contributed by atoms with Gasteiger partial charge in [0, 0.05) is 24.8 Å². The van der Waals surface area contributed by atoms with Crippen LogP contribution in [0.5, 0.6) is 0 Å². The first-order chi connectivity index (χ1) is 8.19. The first-order valence-corrected chi connectivity index (χ1v) is 7.51. The van der Waals surface area contributed by atoms with Crippen LogP contribution < -0.4 is 0 Å². The molecule has 2 aliphatic rings. The molecule has 0 N–H and O–H groups in total. The van der Waals surface area contributed by atoms with E-state index in [2.05, 4.69) is 0 Å². The molecule has 0 aromatic carbocycles. The SMILES string of the molecule is CCN(CC)C(=O)C1CSCN1C(=O)C1CC1. The molecule has 0 radical (unpaired) electrons. The summed E-state index contributed by atoms with van der Waals surface area (Å²) in [5.41, 5.74) is 0. The second kappa shape index (κ2) is 5.29. The Morgan fingerprint density at radius 2 is 1.94 bits per heavy atom. The molecule has 4 nitrogen and oxygen atoms in total. The van der Waals surface area contributed by atoms with Gasteiger partial charge in [0.15, 0.2) is 0 Å². The number of rotatable bonds is 4. The van der Waals surface area contributed by atoms with Crippen molar-refractivity contribution >= 4 is 23.6 Å². The van der Waals surface area contributed by atoms with Gasteiger partial charge in [-0.3, -0.25) is 9.59 Å². The maximum Gasteiger partial charge on any atom is 0.246 e. The van der Waals surface area contributed by atoms with Crippen molar-refractivity contribution in [3.63, 3.8) is 0 Å². The molecule has 1 aliphatic heterocycles. The molecule has 2 rings (SSSR count). The highest BCUT2D eigenvalue weighted by Crippen LogP contribution is 2.34. The average Bonchev–Trinajstić information content (AvgIpc) is 3.06. The third-order valence-electron chi connectivity index (χ3n) is 3.45. The number of nitrogens with zero attached hydrogens (tertiary/aromatic N) is 2. The van der Waals surface area contributed by atoms with Crippen LogP contribution in [0.3, 0.4) is 0 Å². The number of carbonyl (C=O) groups is 2. The largest absolute Gasteiger partial charge is 0.341 e. The summed E-state index contributed by atoms with van der Waals surface area (Å²) in [6.45, 7) is 5.41. The molecule has 1 unspecified atom stereocenters. The minimum atomic E-state index is -0.215. The van der Waals surface area contributed by atoms with Crippen LogP contribution in [-0.2, 0) is 9.59 Å². The number of thioether (sulfide) groups is 1. The predicted molar refractivity (Wildman–Crippen MR) is 68.6 cm³/mol. The topological polar surface area (TPSA) is 40.6 Å². The molecule has 5 heteroatoms. The third-order valence-corrected chi connectivity index (χ3v) is 4.46. The molecule has 17 heavy (non-hydrogen) atoms. The van der Waals surface area contributed by atoms with Crippen LogP contribution in [0.15, 0.2) is 0 Å². The van der Waals surface area contributed by atoms with Gasteiger partial charge in [-0.25, -0.2) is 0 Å². The standard InChI is InChI=1S/C12H20N2O2S/c1-3-13(4-2)12(16)10-7-17-8-14(10)11(15)9-5-6-9/h9-10H,3-8H2,1-2H3. The molecule has 1 aliphatic carbocycles. The molecule has 1 atom stereocenters. The Labute approximate surface area is 107 Å². The molecule has 0 aromatic rings. The Balaban J connectivity index is 2.02. The van der Waals surface area contributed by atoms with Crippen molar-refractivity contribution in [3.05, 3.63) is 0 Å². The highest BCUT2D eigenvalue weighted by atomic mass is 32.2. The fourth-order valence-corrected chi connectivity index (χ4v) is 3.33. The predicted octanol–water partition coefficient (Wildman–Crippen LogP) is 1.17. The van der Waals surface area contributed by atoms with Crippen molar-refractivity contribution in [1.29, 1.82) is 0 Å². The molecule has 0 bridgehead atoms. The van der Waals surface area contributed by atoms with Crippen LogP contribution in [0, 0.1) is 5.92 Å². The van der Waals surface area contributed by atoms with Gasteiger partial charge in [0.2, 0.25) is 11.8 Å². The lowest BCUT2D eigenvalue weighted by atomic mass is 10.2. The molecular weight excluding hydrogens is 236 g/mol. The van der Waals surface area contributed by atoms with Crippen molar-refractivity contribution in [1.82, 2.24) is 9.80 Å². The van der Waals surface area contributed by atoms with E-state index in [-0.39, 0.29) is 23.8 Å². The number of amides is 2. The summed E-state index contributed by atoms with van der Waals surface area (Å²) < 4.78 is 0. The van der Waals surface area contributed by atoms with E-state index in [9.17, 15) is 9.59 Å². The van der Waals surface area contributed by atoms with E-state index < -0.39 is 0 Å². The van der Waals surface area contributed by atoms with Crippen LogP contribution in [0.25, 0.3) is 0 Å². The van der Waals surface area contributed by atoms with Crippen LogP contribution in [0.2, 0.25) is 0 Å². The first-order valence-electron chi connectivity index (χ1n) is 6.36. The lowest BCUT2D eigenvalue weighted by molar-refractivity contribution is -0.143. The molecule has 1 saturated carbocycles. The minimum Gasteiger partial charge on any atom is -0.341 e. The van der Waals surface area contributed by atoms with Crippen molar-refractivity contribution in [2.45, 2.75) is 32.7 Å². The second-order valence-corrected chi connectivity index (χ2v) is 5.61. The Kier molecular flexibility index (Phi) is 3.97. The zero-order valence-electron chi connectivity index (χ0n) is 10.5. The summed E-state index contributed by atoms with van der Waals surface area (Å²) in [7, 11) is 0. The minimum absolute atomic E-state index is 0.119. The molecule has 0 aromatic heterocycles. The van der Waals surface area contributed by atoms with Gasteiger partial charge in [0.25, 0.3) is 0 Å². The number of hydrogen-bond acceptors (Lipinski definition) is 3. The Morgan fingerprint density at radius 3 is 2.47 bits per heavy atom. The highest BCUT2D eigenvalue weighted by Gasteiger charge is 2.42. The summed E-state index contributed by atoms with van der Waals surface area (Å²) in [4.78, 5) is 28.0. The molecule has 96 valence electrons. The van der Waals surface area contributed by atoms with Gasteiger partial charge < -0.3 is 9.80 Å². The Bertz CT molecular complexity index is 314. The van der Waals surface area contributed by atoms with Gasteiger partial charge in [-0.15, -0.1) is 11.8 Å². The van der Waals surface area contributed by atoms with E-state index in [1.54, 1.807) is 16.7 Å². The lowest BCUT2D eigenvalue weighted by Gasteiger charge is -2.28. The molecular formula is C12H20N2O2S. The maximum absolute atomic E-state index is 12.3. The normalized spacial score (nSPS) is 23.9.